The van der Waals surface area contributed by atoms with Crippen LogP contribution >= 0.6 is 15.9 Å². The molecular weight excluding hydrogens is 507 g/mol. The molecular formula is C28H20BrFN4O. The van der Waals surface area contributed by atoms with Crippen molar-refractivity contribution >= 4 is 32.7 Å². The highest BCUT2D eigenvalue weighted by Crippen LogP contribution is 2.29. The van der Waals surface area contributed by atoms with Crippen LogP contribution in [0.4, 0.5) is 4.39 Å². The van der Waals surface area contributed by atoms with Gasteiger partial charge >= 0.3 is 0 Å². The van der Waals surface area contributed by atoms with Crippen LogP contribution in [0.1, 0.15) is 15.9 Å². The Morgan fingerprint density at radius 1 is 0.943 bits per heavy atom. The lowest BCUT2D eigenvalue weighted by atomic mass is 10.0. The topological polar surface area (TPSA) is 59.0 Å². The molecule has 0 unspecified atom stereocenters. The summed E-state index contributed by atoms with van der Waals surface area (Å²) in [6.07, 6.45) is 6.67. The van der Waals surface area contributed by atoms with Crippen molar-refractivity contribution in [2.75, 3.05) is 7.05 Å². The minimum absolute atomic E-state index is 0.178. The monoisotopic (exact) mass is 526 g/mol. The van der Waals surface area contributed by atoms with Gasteiger partial charge in [0.25, 0.3) is 5.91 Å². The van der Waals surface area contributed by atoms with Crippen LogP contribution in [0.25, 0.3) is 33.3 Å². The van der Waals surface area contributed by atoms with Crippen molar-refractivity contribution in [1.82, 2.24) is 19.9 Å². The Balaban J connectivity index is 1.48. The van der Waals surface area contributed by atoms with Crippen molar-refractivity contribution < 1.29 is 9.18 Å². The molecule has 5 aromatic rings. The molecule has 0 radical (unpaired) electrons. The van der Waals surface area contributed by atoms with Gasteiger partial charge in [-0.3, -0.25) is 14.8 Å². The Morgan fingerprint density at radius 2 is 1.77 bits per heavy atom. The molecule has 1 amide bonds. The lowest BCUT2D eigenvalue weighted by Gasteiger charge is -2.19. The number of hydrogen-bond acceptors (Lipinski definition) is 4. The van der Waals surface area contributed by atoms with E-state index >= 15 is 0 Å². The molecule has 0 saturated heterocycles. The normalized spacial score (nSPS) is 10.9. The maximum absolute atomic E-state index is 14.9. The predicted molar refractivity (Wildman–Crippen MR) is 138 cm³/mol. The quantitative estimate of drug-likeness (QED) is 0.261. The zero-order valence-electron chi connectivity index (χ0n) is 18.8. The van der Waals surface area contributed by atoms with Crippen LogP contribution in [0.3, 0.4) is 0 Å². The Bertz CT molecular complexity index is 1530. The van der Waals surface area contributed by atoms with E-state index in [-0.39, 0.29) is 18.3 Å². The number of nitrogens with zero attached hydrogens (tertiary/aromatic N) is 4. The molecule has 3 heterocycles. The van der Waals surface area contributed by atoms with Gasteiger partial charge in [-0.1, -0.05) is 34.1 Å². The number of halogens is 2. The zero-order chi connectivity index (χ0) is 24.4. The minimum atomic E-state index is -0.352. The first-order valence-corrected chi connectivity index (χ1v) is 11.7. The van der Waals surface area contributed by atoms with E-state index in [0.717, 1.165) is 15.4 Å². The van der Waals surface area contributed by atoms with Gasteiger partial charge in [-0.15, -0.1) is 0 Å². The van der Waals surface area contributed by atoms with Gasteiger partial charge in [-0.05, 0) is 54.1 Å². The van der Waals surface area contributed by atoms with Crippen LogP contribution in [0.5, 0.6) is 0 Å². The van der Waals surface area contributed by atoms with E-state index in [0.29, 0.717) is 33.5 Å². The third-order valence-corrected chi connectivity index (χ3v) is 6.24. The average Bonchev–Trinajstić information content (AvgIpc) is 2.88. The number of amides is 1. The number of rotatable bonds is 5. The summed E-state index contributed by atoms with van der Waals surface area (Å²) in [7, 11) is 1.71. The van der Waals surface area contributed by atoms with Crippen molar-refractivity contribution in [3.63, 3.8) is 0 Å². The van der Waals surface area contributed by atoms with Crippen molar-refractivity contribution in [2.24, 2.45) is 0 Å². The van der Waals surface area contributed by atoms with E-state index in [1.807, 2.05) is 42.5 Å². The van der Waals surface area contributed by atoms with Crippen LogP contribution < -0.4 is 0 Å². The Kier molecular flexibility index (Phi) is 6.33. The number of carbonyl (C=O) groups excluding carboxylic acids is 1. The third kappa shape index (κ3) is 4.81. The molecule has 35 heavy (non-hydrogen) atoms. The van der Waals surface area contributed by atoms with E-state index in [2.05, 4.69) is 25.9 Å². The first-order chi connectivity index (χ1) is 17.0. The van der Waals surface area contributed by atoms with Gasteiger partial charge < -0.3 is 4.90 Å². The number of hydrogen-bond donors (Lipinski definition) is 0. The smallest absolute Gasteiger partial charge is 0.254 e. The van der Waals surface area contributed by atoms with Crippen molar-refractivity contribution in [3.8, 4) is 22.4 Å². The molecule has 5 nitrogen and oxygen atoms in total. The van der Waals surface area contributed by atoms with E-state index in [4.69, 9.17) is 4.98 Å². The Morgan fingerprint density at radius 3 is 2.51 bits per heavy atom. The molecule has 0 saturated carbocycles. The minimum Gasteiger partial charge on any atom is -0.337 e. The summed E-state index contributed by atoms with van der Waals surface area (Å²) < 4.78 is 15.7. The predicted octanol–water partition coefficient (Wildman–Crippen LogP) is 6.53. The molecule has 0 atom stereocenters. The fourth-order valence-electron chi connectivity index (χ4n) is 4.01. The highest BCUT2D eigenvalue weighted by Gasteiger charge is 2.19. The summed E-state index contributed by atoms with van der Waals surface area (Å²) in [6, 6.07) is 19.8. The summed E-state index contributed by atoms with van der Waals surface area (Å²) in [6.45, 7) is 0.255. The second kappa shape index (κ2) is 9.72. The molecule has 7 heteroatoms. The molecule has 0 fully saturated rings. The molecule has 0 aliphatic heterocycles. The first kappa shape index (κ1) is 22.8. The highest BCUT2D eigenvalue weighted by atomic mass is 79.9. The van der Waals surface area contributed by atoms with Crippen molar-refractivity contribution in [2.45, 2.75) is 6.54 Å². The fourth-order valence-corrected chi connectivity index (χ4v) is 4.37. The van der Waals surface area contributed by atoms with Gasteiger partial charge in [-0.2, -0.15) is 0 Å². The van der Waals surface area contributed by atoms with Crippen LogP contribution in [0.2, 0.25) is 0 Å². The van der Waals surface area contributed by atoms with Gasteiger partial charge in [0.1, 0.15) is 5.82 Å². The SMILES string of the molecule is CN(Cc1ccc(-c2cccnc2)c(F)c1)C(=O)c1cc(-c2ccncc2)nc2ccc(Br)cc12. The Hall–Kier alpha value is -3.97. The van der Waals surface area contributed by atoms with Crippen molar-refractivity contribution in [1.29, 1.82) is 0 Å². The molecule has 0 aliphatic rings. The lowest BCUT2D eigenvalue weighted by Crippen LogP contribution is -2.26. The number of aromatic nitrogens is 3. The lowest BCUT2D eigenvalue weighted by molar-refractivity contribution is 0.0787. The molecule has 2 aromatic carbocycles. The summed E-state index contributed by atoms with van der Waals surface area (Å²) in [4.78, 5) is 28.1. The summed E-state index contributed by atoms with van der Waals surface area (Å²) in [5.74, 6) is -0.530. The summed E-state index contributed by atoms with van der Waals surface area (Å²) in [5, 5.41) is 0.743. The second-order valence-electron chi connectivity index (χ2n) is 8.17. The highest BCUT2D eigenvalue weighted by molar-refractivity contribution is 9.10. The fraction of sp³-hybridized carbons (Fsp3) is 0.0714. The molecule has 0 aliphatic carbocycles. The standard InChI is InChI=1S/C28H20BrFN4O/c1-34(17-18-4-6-22(25(30)13-18)20-3-2-10-32-16-20)28(35)24-15-27(19-8-11-31-12-9-19)33-26-7-5-21(29)14-23(24)26/h2-16H,17H2,1H3. The number of benzene rings is 2. The molecule has 0 bridgehead atoms. The van der Waals surface area contributed by atoms with E-state index < -0.39 is 0 Å². The molecule has 5 rings (SSSR count). The van der Waals surface area contributed by atoms with Crippen LogP contribution in [0, 0.1) is 5.82 Å². The van der Waals surface area contributed by atoms with Crippen LogP contribution in [-0.2, 0) is 6.54 Å². The third-order valence-electron chi connectivity index (χ3n) is 5.75. The molecule has 3 aromatic heterocycles. The van der Waals surface area contributed by atoms with Crippen LogP contribution in [0.15, 0.2) is 96.0 Å². The number of fused-ring (bicyclic) bond motifs is 1. The second-order valence-corrected chi connectivity index (χ2v) is 9.09. The molecule has 172 valence electrons. The maximum Gasteiger partial charge on any atom is 0.254 e. The maximum atomic E-state index is 14.9. The average molecular weight is 527 g/mol. The van der Waals surface area contributed by atoms with Gasteiger partial charge in [0.15, 0.2) is 0 Å². The van der Waals surface area contributed by atoms with Gasteiger partial charge in [-0.25, -0.2) is 9.37 Å². The Labute approximate surface area is 210 Å². The van der Waals surface area contributed by atoms with Gasteiger partial charge in [0.2, 0.25) is 0 Å². The van der Waals surface area contributed by atoms with E-state index in [1.54, 1.807) is 54.9 Å². The largest absolute Gasteiger partial charge is 0.337 e. The van der Waals surface area contributed by atoms with Gasteiger partial charge in [0, 0.05) is 64.9 Å². The zero-order valence-corrected chi connectivity index (χ0v) is 20.4. The van der Waals surface area contributed by atoms with Gasteiger partial charge in [0.05, 0.1) is 16.8 Å². The number of pyridine rings is 3. The summed E-state index contributed by atoms with van der Waals surface area (Å²) in [5.41, 5.74) is 4.67. The van der Waals surface area contributed by atoms with E-state index in [1.165, 1.54) is 6.07 Å². The van der Waals surface area contributed by atoms with Crippen LogP contribution in [-0.4, -0.2) is 32.8 Å². The van der Waals surface area contributed by atoms with Crippen molar-refractivity contribution in [3.05, 3.63) is 113 Å². The summed E-state index contributed by atoms with van der Waals surface area (Å²) >= 11 is 3.50. The first-order valence-electron chi connectivity index (χ1n) is 10.9. The molecule has 0 spiro atoms. The molecule has 0 N–H and O–H groups in total. The van der Waals surface area contributed by atoms with E-state index in [9.17, 15) is 9.18 Å². The number of carbonyl (C=O) groups is 1.